The third-order valence-corrected chi connectivity index (χ3v) is 8.24. The summed E-state index contributed by atoms with van der Waals surface area (Å²) in [5, 5.41) is 11.4. The molecule has 162 valence electrons. The van der Waals surface area contributed by atoms with Crippen molar-refractivity contribution >= 4 is 27.7 Å². The van der Waals surface area contributed by atoms with Gasteiger partial charge < -0.3 is 9.73 Å². The number of nitrogens with one attached hydrogen (secondary N) is 1. The summed E-state index contributed by atoms with van der Waals surface area (Å²) in [5.74, 6) is 0.504. The summed E-state index contributed by atoms with van der Waals surface area (Å²) < 4.78 is 32.4. The lowest BCUT2D eigenvalue weighted by molar-refractivity contribution is -0.119. The van der Waals surface area contributed by atoms with Gasteiger partial charge in [-0.15, -0.1) is 10.2 Å². The van der Waals surface area contributed by atoms with Gasteiger partial charge in [0.15, 0.2) is 0 Å². The molecule has 0 unspecified atom stereocenters. The molecule has 2 aromatic rings. The molecule has 1 aromatic carbocycles. The van der Waals surface area contributed by atoms with Gasteiger partial charge in [0.05, 0.1) is 10.6 Å². The van der Waals surface area contributed by atoms with Crippen molar-refractivity contribution < 1.29 is 17.6 Å². The normalized spacial score (nSPS) is 18.5. The van der Waals surface area contributed by atoms with Crippen LogP contribution in [0.25, 0.3) is 11.5 Å². The van der Waals surface area contributed by atoms with Gasteiger partial charge in [0.2, 0.25) is 21.8 Å². The molecule has 1 aromatic heterocycles. The lowest BCUT2D eigenvalue weighted by atomic mass is 9.95. The van der Waals surface area contributed by atoms with Gasteiger partial charge in [-0.05, 0) is 49.9 Å². The Morgan fingerprint density at radius 3 is 2.47 bits per heavy atom. The monoisotopic (exact) mass is 450 g/mol. The molecule has 4 rings (SSSR count). The van der Waals surface area contributed by atoms with E-state index in [1.54, 1.807) is 24.3 Å². The van der Waals surface area contributed by atoms with Crippen molar-refractivity contribution in [3.8, 4) is 11.5 Å². The molecule has 1 aliphatic carbocycles. The molecule has 10 heteroatoms. The number of benzene rings is 1. The molecule has 2 aliphatic rings. The summed E-state index contributed by atoms with van der Waals surface area (Å²) in [5.41, 5.74) is 0.640. The fourth-order valence-corrected chi connectivity index (χ4v) is 5.97. The summed E-state index contributed by atoms with van der Waals surface area (Å²) in [6.45, 7) is 1.14. The highest BCUT2D eigenvalue weighted by molar-refractivity contribution is 7.99. The number of nitrogens with zero attached hydrogens (tertiary/aromatic N) is 3. The van der Waals surface area contributed by atoms with Crippen molar-refractivity contribution in [2.24, 2.45) is 0 Å². The first-order valence-electron chi connectivity index (χ1n) is 10.4. The average molecular weight is 451 g/mol. The topological polar surface area (TPSA) is 105 Å². The summed E-state index contributed by atoms with van der Waals surface area (Å²) in [7, 11) is -3.44. The van der Waals surface area contributed by atoms with Crippen LogP contribution in [-0.2, 0) is 14.8 Å². The first-order chi connectivity index (χ1) is 14.5. The Labute approximate surface area is 180 Å². The molecule has 30 heavy (non-hydrogen) atoms. The second kappa shape index (κ2) is 9.49. The number of rotatable bonds is 7. The van der Waals surface area contributed by atoms with E-state index in [0.717, 1.165) is 25.7 Å². The Hall–Kier alpha value is -1.91. The third-order valence-electron chi connectivity index (χ3n) is 5.51. The molecule has 2 heterocycles. The Morgan fingerprint density at radius 2 is 1.77 bits per heavy atom. The van der Waals surface area contributed by atoms with Crippen LogP contribution < -0.4 is 5.32 Å². The summed E-state index contributed by atoms with van der Waals surface area (Å²) >= 11 is 1.20. The van der Waals surface area contributed by atoms with E-state index in [9.17, 15) is 13.2 Å². The van der Waals surface area contributed by atoms with Gasteiger partial charge in [-0.2, -0.15) is 4.31 Å². The first kappa shape index (κ1) is 21.3. The van der Waals surface area contributed by atoms with Crippen molar-refractivity contribution in [2.45, 2.75) is 61.1 Å². The van der Waals surface area contributed by atoms with E-state index >= 15 is 0 Å². The average Bonchev–Trinajstić information content (AvgIpc) is 3.46. The zero-order valence-electron chi connectivity index (χ0n) is 16.7. The van der Waals surface area contributed by atoms with E-state index < -0.39 is 10.0 Å². The number of hydrogen-bond acceptors (Lipinski definition) is 7. The fraction of sp³-hybridized carbons (Fsp3) is 0.550. The number of aromatic nitrogens is 2. The minimum absolute atomic E-state index is 0.0249. The van der Waals surface area contributed by atoms with Crippen LogP contribution in [0.1, 0.15) is 44.9 Å². The number of amides is 1. The van der Waals surface area contributed by atoms with E-state index in [2.05, 4.69) is 15.5 Å². The van der Waals surface area contributed by atoms with Crippen LogP contribution >= 0.6 is 11.8 Å². The van der Waals surface area contributed by atoms with Gasteiger partial charge in [0, 0.05) is 24.7 Å². The molecule has 0 spiro atoms. The highest BCUT2D eigenvalue weighted by Crippen LogP contribution is 2.26. The molecule has 0 radical (unpaired) electrons. The molecule has 0 atom stereocenters. The molecular weight excluding hydrogens is 424 g/mol. The minimum Gasteiger partial charge on any atom is -0.411 e. The first-order valence-corrected chi connectivity index (χ1v) is 12.8. The molecule has 2 fully saturated rings. The Bertz CT molecular complexity index is 963. The summed E-state index contributed by atoms with van der Waals surface area (Å²) in [6.07, 6.45) is 7.48. The van der Waals surface area contributed by atoms with Crippen LogP contribution in [0.15, 0.2) is 38.8 Å². The third kappa shape index (κ3) is 5.04. The van der Waals surface area contributed by atoms with Crippen LogP contribution in [0.2, 0.25) is 0 Å². The van der Waals surface area contributed by atoms with Crippen molar-refractivity contribution in [1.29, 1.82) is 0 Å². The van der Waals surface area contributed by atoms with Crippen LogP contribution in [0.4, 0.5) is 0 Å². The second-order valence-electron chi connectivity index (χ2n) is 7.70. The van der Waals surface area contributed by atoms with Crippen molar-refractivity contribution in [3.05, 3.63) is 24.3 Å². The maximum absolute atomic E-state index is 12.6. The van der Waals surface area contributed by atoms with Gasteiger partial charge in [-0.25, -0.2) is 8.42 Å². The number of carbonyl (C=O) groups is 1. The number of sulfonamides is 1. The lowest BCUT2D eigenvalue weighted by Gasteiger charge is -2.22. The smallest absolute Gasteiger partial charge is 0.277 e. The van der Waals surface area contributed by atoms with Gasteiger partial charge in [-0.1, -0.05) is 31.0 Å². The van der Waals surface area contributed by atoms with Gasteiger partial charge in [0.25, 0.3) is 5.22 Å². The Morgan fingerprint density at radius 1 is 1.07 bits per heavy atom. The second-order valence-corrected chi connectivity index (χ2v) is 10.6. The van der Waals surface area contributed by atoms with Crippen LogP contribution in [0, 0.1) is 0 Å². The predicted molar refractivity (Wildman–Crippen MR) is 113 cm³/mol. The van der Waals surface area contributed by atoms with Crippen molar-refractivity contribution in [1.82, 2.24) is 19.8 Å². The molecule has 1 aliphatic heterocycles. The zero-order chi connectivity index (χ0) is 21.0. The van der Waals surface area contributed by atoms with Gasteiger partial charge in [0.1, 0.15) is 0 Å². The molecule has 1 N–H and O–H groups in total. The maximum Gasteiger partial charge on any atom is 0.277 e. The van der Waals surface area contributed by atoms with Gasteiger partial charge >= 0.3 is 0 Å². The minimum atomic E-state index is -3.44. The van der Waals surface area contributed by atoms with E-state index in [4.69, 9.17) is 4.42 Å². The molecule has 1 amide bonds. The standard InChI is InChI=1S/C20H26N4O4S2/c25-18(21-16-6-2-1-3-7-16)14-29-20-23-22-19(28-20)15-8-10-17(11-9-15)30(26,27)24-12-4-5-13-24/h8-11,16H,1-7,12-14H2,(H,21,25). The summed E-state index contributed by atoms with van der Waals surface area (Å²) in [4.78, 5) is 12.4. The molecule has 0 bridgehead atoms. The van der Waals surface area contributed by atoms with Crippen molar-refractivity contribution in [2.75, 3.05) is 18.8 Å². The Balaban J connectivity index is 1.33. The van der Waals surface area contributed by atoms with E-state index in [1.165, 1.54) is 35.3 Å². The van der Waals surface area contributed by atoms with E-state index in [1.807, 2.05) is 0 Å². The predicted octanol–water partition coefficient (Wildman–Crippen LogP) is 3.06. The Kier molecular flexibility index (Phi) is 6.74. The number of hydrogen-bond donors (Lipinski definition) is 1. The molecule has 8 nitrogen and oxygen atoms in total. The fourth-order valence-electron chi connectivity index (χ4n) is 3.88. The SMILES string of the molecule is O=C(CSc1nnc(-c2ccc(S(=O)(=O)N3CCCC3)cc2)o1)NC1CCCCC1. The lowest BCUT2D eigenvalue weighted by Crippen LogP contribution is -2.37. The quantitative estimate of drug-likeness (QED) is 0.646. The van der Waals surface area contributed by atoms with E-state index in [0.29, 0.717) is 29.8 Å². The van der Waals surface area contributed by atoms with Gasteiger partial charge in [-0.3, -0.25) is 4.79 Å². The maximum atomic E-state index is 12.6. The molecular formula is C20H26N4O4S2. The highest BCUT2D eigenvalue weighted by Gasteiger charge is 2.27. The highest BCUT2D eigenvalue weighted by atomic mass is 32.2. The largest absolute Gasteiger partial charge is 0.411 e. The number of carbonyl (C=O) groups excluding carboxylic acids is 1. The number of thioether (sulfide) groups is 1. The molecule has 1 saturated carbocycles. The van der Waals surface area contributed by atoms with Crippen LogP contribution in [0.3, 0.4) is 0 Å². The summed E-state index contributed by atoms with van der Waals surface area (Å²) in [6, 6.07) is 6.75. The van der Waals surface area contributed by atoms with Crippen LogP contribution in [0.5, 0.6) is 0 Å². The molecule has 1 saturated heterocycles. The van der Waals surface area contributed by atoms with Crippen LogP contribution in [-0.4, -0.2) is 53.7 Å². The zero-order valence-corrected chi connectivity index (χ0v) is 18.4. The van der Waals surface area contributed by atoms with Crippen molar-refractivity contribution in [3.63, 3.8) is 0 Å². The van der Waals surface area contributed by atoms with E-state index in [-0.39, 0.29) is 22.6 Å².